The third-order valence-electron chi connectivity index (χ3n) is 1.97. The number of oxazole rings is 1. The second-order valence-electron chi connectivity index (χ2n) is 2.98. The Balaban J connectivity index is 2.58. The first-order valence-electron chi connectivity index (χ1n) is 4.34. The molecule has 0 radical (unpaired) electrons. The van der Waals surface area contributed by atoms with Crippen molar-refractivity contribution in [3.05, 3.63) is 12.1 Å². The molecule has 0 aliphatic rings. The Labute approximate surface area is 89.8 Å². The first-order chi connectivity index (χ1) is 7.61. The van der Waals surface area contributed by atoms with Gasteiger partial charge in [-0.3, -0.25) is 0 Å². The molecule has 0 fully saturated rings. The number of methoxy groups -OCH3 is 1. The van der Waals surface area contributed by atoms with E-state index in [1.807, 2.05) is 5.32 Å². The fourth-order valence-corrected chi connectivity index (χ4v) is 1.31. The summed E-state index contributed by atoms with van der Waals surface area (Å²) in [7, 11) is 1.48. The molecule has 84 valence electrons. The van der Waals surface area contributed by atoms with Gasteiger partial charge >= 0.3 is 12.1 Å². The monoisotopic (exact) mass is 223 g/mol. The molecule has 1 amide bonds. The zero-order chi connectivity index (χ0) is 11.7. The number of hydrogen-bond donors (Lipinski definition) is 3. The smallest absolute Gasteiger partial charge is 0.412 e. The Bertz CT molecular complexity index is 549. The molecule has 2 rings (SSSR count). The highest BCUT2D eigenvalue weighted by Gasteiger charge is 2.14. The maximum Gasteiger partial charge on any atom is 0.412 e. The number of benzene rings is 1. The molecule has 0 atom stereocenters. The highest BCUT2D eigenvalue weighted by atomic mass is 16.5. The lowest BCUT2D eigenvalue weighted by Crippen LogP contribution is -2.06. The van der Waals surface area contributed by atoms with Gasteiger partial charge in [-0.2, -0.15) is 4.98 Å². The third-order valence-corrected chi connectivity index (χ3v) is 1.97. The summed E-state index contributed by atoms with van der Waals surface area (Å²) >= 11 is 0. The van der Waals surface area contributed by atoms with E-state index in [1.165, 1.54) is 7.11 Å². The van der Waals surface area contributed by atoms with E-state index < -0.39 is 6.09 Å². The molecule has 0 bridgehead atoms. The summed E-state index contributed by atoms with van der Waals surface area (Å²) in [5, 5.41) is 10.5. The van der Waals surface area contributed by atoms with Crippen LogP contribution in [0.2, 0.25) is 0 Å². The summed E-state index contributed by atoms with van der Waals surface area (Å²) in [4.78, 5) is 14.3. The molecule has 0 spiro atoms. The SMILES string of the molecule is COc1ccc(N)c2oc(NC(=O)O)nc12. The number of fused-ring (bicyclic) bond motifs is 1. The summed E-state index contributed by atoms with van der Waals surface area (Å²) in [6.45, 7) is 0. The van der Waals surface area contributed by atoms with Gasteiger partial charge < -0.3 is 20.0 Å². The summed E-state index contributed by atoms with van der Waals surface area (Å²) in [5.41, 5.74) is 6.70. The van der Waals surface area contributed by atoms with Crippen LogP contribution in [-0.4, -0.2) is 23.3 Å². The minimum absolute atomic E-state index is 0.140. The minimum atomic E-state index is -1.26. The Kier molecular flexibility index (Phi) is 2.28. The van der Waals surface area contributed by atoms with E-state index in [0.29, 0.717) is 22.5 Å². The molecule has 0 aliphatic heterocycles. The number of anilines is 2. The second-order valence-corrected chi connectivity index (χ2v) is 2.98. The van der Waals surface area contributed by atoms with Gasteiger partial charge in [-0.15, -0.1) is 0 Å². The van der Waals surface area contributed by atoms with E-state index in [2.05, 4.69) is 4.98 Å². The molecule has 0 saturated carbocycles. The van der Waals surface area contributed by atoms with Crippen molar-refractivity contribution in [1.82, 2.24) is 4.98 Å². The van der Waals surface area contributed by atoms with Crippen LogP contribution in [0.1, 0.15) is 0 Å². The van der Waals surface area contributed by atoms with Crippen LogP contribution in [0.3, 0.4) is 0 Å². The molecule has 1 heterocycles. The third kappa shape index (κ3) is 1.58. The molecule has 7 heteroatoms. The number of carbonyl (C=O) groups is 1. The van der Waals surface area contributed by atoms with Crippen LogP contribution in [0.25, 0.3) is 11.1 Å². The van der Waals surface area contributed by atoms with Crippen LogP contribution >= 0.6 is 0 Å². The van der Waals surface area contributed by atoms with Crippen LogP contribution in [0, 0.1) is 0 Å². The Morgan fingerprint density at radius 2 is 2.38 bits per heavy atom. The number of nitrogens with zero attached hydrogens (tertiary/aromatic N) is 1. The van der Waals surface area contributed by atoms with Crippen molar-refractivity contribution in [2.75, 3.05) is 18.2 Å². The highest BCUT2D eigenvalue weighted by molar-refractivity contribution is 5.92. The van der Waals surface area contributed by atoms with E-state index in [-0.39, 0.29) is 6.01 Å². The number of nitrogen functional groups attached to an aromatic ring is 1. The van der Waals surface area contributed by atoms with Gasteiger partial charge in [0.05, 0.1) is 12.8 Å². The number of carboxylic acid groups (broad SMARTS) is 1. The van der Waals surface area contributed by atoms with Crippen molar-refractivity contribution in [3.63, 3.8) is 0 Å². The lowest BCUT2D eigenvalue weighted by Gasteiger charge is -1.99. The Morgan fingerprint density at radius 1 is 1.62 bits per heavy atom. The van der Waals surface area contributed by atoms with E-state index >= 15 is 0 Å². The van der Waals surface area contributed by atoms with Crippen LogP contribution in [0.5, 0.6) is 5.75 Å². The number of rotatable bonds is 2. The summed E-state index contributed by atoms with van der Waals surface area (Å²) in [6, 6.07) is 3.08. The van der Waals surface area contributed by atoms with Gasteiger partial charge in [-0.05, 0) is 12.1 Å². The maximum absolute atomic E-state index is 10.4. The molecule has 1 aromatic carbocycles. The van der Waals surface area contributed by atoms with Crippen molar-refractivity contribution >= 4 is 28.9 Å². The highest BCUT2D eigenvalue weighted by Crippen LogP contribution is 2.31. The lowest BCUT2D eigenvalue weighted by atomic mass is 10.2. The van der Waals surface area contributed by atoms with Gasteiger partial charge in [-0.25, -0.2) is 10.1 Å². The summed E-state index contributed by atoms with van der Waals surface area (Å²) in [6.07, 6.45) is -1.26. The van der Waals surface area contributed by atoms with Gasteiger partial charge in [0.1, 0.15) is 5.75 Å². The van der Waals surface area contributed by atoms with Crippen LogP contribution in [-0.2, 0) is 0 Å². The maximum atomic E-state index is 10.4. The average molecular weight is 223 g/mol. The van der Waals surface area contributed by atoms with Gasteiger partial charge in [0, 0.05) is 0 Å². The summed E-state index contributed by atoms with van der Waals surface area (Å²) in [5.74, 6) is 0.464. The molecule has 4 N–H and O–H groups in total. The first-order valence-corrected chi connectivity index (χ1v) is 4.34. The topological polar surface area (TPSA) is 111 Å². The summed E-state index contributed by atoms with van der Waals surface area (Å²) < 4.78 is 10.2. The van der Waals surface area contributed by atoms with Crippen molar-refractivity contribution < 1.29 is 19.1 Å². The normalized spacial score (nSPS) is 10.3. The molecule has 0 aliphatic carbocycles. The van der Waals surface area contributed by atoms with Crippen LogP contribution in [0.4, 0.5) is 16.5 Å². The largest absolute Gasteiger partial charge is 0.494 e. The quantitative estimate of drug-likeness (QED) is 0.665. The van der Waals surface area contributed by atoms with Crippen molar-refractivity contribution in [2.45, 2.75) is 0 Å². The van der Waals surface area contributed by atoms with Crippen molar-refractivity contribution in [1.29, 1.82) is 0 Å². The zero-order valence-electron chi connectivity index (χ0n) is 8.35. The number of nitrogens with two attached hydrogens (primary N) is 1. The molecule has 7 nitrogen and oxygen atoms in total. The van der Waals surface area contributed by atoms with E-state index in [4.69, 9.17) is 20.0 Å². The standard InChI is InChI=1S/C9H9N3O4/c1-15-5-3-2-4(10)7-6(5)11-8(16-7)12-9(13)14/h2-3H,10H2,1H3,(H,11,12)(H,13,14). The van der Waals surface area contributed by atoms with Gasteiger partial charge in [0.25, 0.3) is 0 Å². The average Bonchev–Trinajstić information content (AvgIpc) is 2.62. The molecule has 0 unspecified atom stereocenters. The van der Waals surface area contributed by atoms with E-state index in [0.717, 1.165) is 0 Å². The number of nitrogens with one attached hydrogen (secondary N) is 1. The minimum Gasteiger partial charge on any atom is -0.494 e. The molecule has 1 aromatic heterocycles. The fraction of sp³-hybridized carbons (Fsp3) is 0.111. The zero-order valence-corrected chi connectivity index (χ0v) is 8.35. The number of hydrogen-bond acceptors (Lipinski definition) is 5. The molecule has 2 aromatic rings. The fourth-order valence-electron chi connectivity index (χ4n) is 1.31. The number of ether oxygens (including phenoxy) is 1. The molecule has 16 heavy (non-hydrogen) atoms. The van der Waals surface area contributed by atoms with Crippen LogP contribution < -0.4 is 15.8 Å². The van der Waals surface area contributed by atoms with Crippen molar-refractivity contribution in [2.24, 2.45) is 0 Å². The lowest BCUT2D eigenvalue weighted by molar-refractivity contribution is 0.209. The molecular formula is C9H9N3O4. The number of amides is 1. The Morgan fingerprint density at radius 3 is 3.00 bits per heavy atom. The second kappa shape index (κ2) is 3.61. The predicted molar refractivity (Wildman–Crippen MR) is 56.6 cm³/mol. The molecule has 0 saturated heterocycles. The van der Waals surface area contributed by atoms with Crippen LogP contribution in [0.15, 0.2) is 16.5 Å². The van der Waals surface area contributed by atoms with E-state index in [1.54, 1.807) is 12.1 Å². The van der Waals surface area contributed by atoms with Gasteiger partial charge in [0.15, 0.2) is 11.1 Å². The first kappa shape index (κ1) is 10.1. The molecular weight excluding hydrogens is 214 g/mol. The van der Waals surface area contributed by atoms with E-state index in [9.17, 15) is 4.79 Å². The predicted octanol–water partition coefficient (Wildman–Crippen LogP) is 1.51. The van der Waals surface area contributed by atoms with Gasteiger partial charge in [-0.1, -0.05) is 0 Å². The van der Waals surface area contributed by atoms with Crippen molar-refractivity contribution in [3.8, 4) is 5.75 Å². The van der Waals surface area contributed by atoms with Gasteiger partial charge in [0.2, 0.25) is 0 Å². The Hall–Kier alpha value is -2.44. The number of aromatic nitrogens is 1.